The molecule has 4 heteroatoms. The van der Waals surface area contributed by atoms with Gasteiger partial charge in [-0.15, -0.1) is 0 Å². The standard InChI is InChI=1S/C11H18N3O/c1-15-11-7-10(8-13-9-11)14(12)5-3-2-4-6-14/h7-9H,2-6,12H2,1H3/q+1. The van der Waals surface area contributed by atoms with Gasteiger partial charge in [-0.3, -0.25) is 4.98 Å². The number of piperidine rings is 1. The maximum absolute atomic E-state index is 6.35. The topological polar surface area (TPSA) is 48.1 Å². The van der Waals surface area contributed by atoms with E-state index in [9.17, 15) is 0 Å². The highest BCUT2D eigenvalue weighted by atomic mass is 16.5. The number of aromatic nitrogens is 1. The Hall–Kier alpha value is -1.13. The van der Waals surface area contributed by atoms with E-state index in [4.69, 9.17) is 10.6 Å². The third-order valence-corrected chi connectivity index (χ3v) is 3.06. The molecular formula is C11H18N3O+. The van der Waals surface area contributed by atoms with Gasteiger partial charge in [-0.25, -0.2) is 4.59 Å². The molecule has 1 aromatic rings. The normalized spacial score (nSPS) is 19.9. The van der Waals surface area contributed by atoms with Crippen LogP contribution in [0.4, 0.5) is 5.69 Å². The van der Waals surface area contributed by atoms with Crippen molar-refractivity contribution < 1.29 is 4.74 Å². The monoisotopic (exact) mass is 208 g/mol. The molecule has 1 fully saturated rings. The zero-order valence-corrected chi connectivity index (χ0v) is 9.15. The van der Waals surface area contributed by atoms with Crippen molar-refractivity contribution in [1.29, 1.82) is 0 Å². The number of hydrogen-bond donors (Lipinski definition) is 1. The van der Waals surface area contributed by atoms with E-state index in [1.54, 1.807) is 13.3 Å². The highest BCUT2D eigenvalue weighted by Crippen LogP contribution is 2.26. The lowest BCUT2D eigenvalue weighted by Gasteiger charge is -2.35. The van der Waals surface area contributed by atoms with Crippen molar-refractivity contribution >= 4 is 5.69 Å². The van der Waals surface area contributed by atoms with Crippen molar-refractivity contribution in [2.45, 2.75) is 19.3 Å². The second kappa shape index (κ2) is 4.16. The first-order valence-corrected chi connectivity index (χ1v) is 5.40. The molecule has 0 amide bonds. The Bertz CT molecular complexity index is 334. The van der Waals surface area contributed by atoms with E-state index in [0.29, 0.717) is 4.59 Å². The first-order valence-electron chi connectivity index (χ1n) is 5.40. The fourth-order valence-electron chi connectivity index (χ4n) is 2.10. The first kappa shape index (κ1) is 10.4. The smallest absolute Gasteiger partial charge is 0.174 e. The van der Waals surface area contributed by atoms with Gasteiger partial charge in [0.1, 0.15) is 18.8 Å². The Morgan fingerprint density at radius 1 is 1.27 bits per heavy atom. The molecule has 1 aliphatic rings. The summed E-state index contributed by atoms with van der Waals surface area (Å²) >= 11 is 0. The van der Waals surface area contributed by atoms with E-state index < -0.39 is 0 Å². The van der Waals surface area contributed by atoms with Gasteiger partial charge in [0.25, 0.3) is 0 Å². The number of nitrogens with zero attached hydrogens (tertiary/aromatic N) is 2. The molecule has 1 aliphatic heterocycles. The molecule has 1 aromatic heterocycles. The molecule has 0 saturated carbocycles. The highest BCUT2D eigenvalue weighted by Gasteiger charge is 2.29. The van der Waals surface area contributed by atoms with Crippen molar-refractivity contribution in [2.75, 3.05) is 20.2 Å². The molecule has 0 bridgehead atoms. The van der Waals surface area contributed by atoms with Crippen LogP contribution in [0, 0.1) is 0 Å². The van der Waals surface area contributed by atoms with Crippen molar-refractivity contribution in [1.82, 2.24) is 9.58 Å². The molecule has 0 atom stereocenters. The van der Waals surface area contributed by atoms with Gasteiger partial charge in [0.15, 0.2) is 5.69 Å². The van der Waals surface area contributed by atoms with Crippen LogP contribution in [0.15, 0.2) is 18.5 Å². The average molecular weight is 208 g/mol. The number of hydrogen-bond acceptors (Lipinski definition) is 3. The van der Waals surface area contributed by atoms with Crippen LogP contribution in [0.1, 0.15) is 19.3 Å². The van der Waals surface area contributed by atoms with E-state index in [1.807, 2.05) is 12.3 Å². The minimum absolute atomic E-state index is 0.504. The molecule has 2 heterocycles. The summed E-state index contributed by atoms with van der Waals surface area (Å²) in [5, 5.41) is 0. The lowest BCUT2D eigenvalue weighted by Crippen LogP contribution is -2.58. The van der Waals surface area contributed by atoms with Crippen molar-refractivity contribution in [3.8, 4) is 5.75 Å². The molecule has 2 rings (SSSR count). The molecule has 2 N–H and O–H groups in total. The zero-order valence-electron chi connectivity index (χ0n) is 9.15. The number of methoxy groups -OCH3 is 1. The summed E-state index contributed by atoms with van der Waals surface area (Å²) in [6.45, 7) is 1.99. The van der Waals surface area contributed by atoms with Crippen LogP contribution in [0.25, 0.3) is 0 Å². The molecule has 1 saturated heterocycles. The molecule has 0 radical (unpaired) electrons. The van der Waals surface area contributed by atoms with E-state index in [-0.39, 0.29) is 0 Å². The van der Waals surface area contributed by atoms with E-state index >= 15 is 0 Å². The Kier molecular flexibility index (Phi) is 2.88. The van der Waals surface area contributed by atoms with Gasteiger partial charge in [0, 0.05) is 6.07 Å². The van der Waals surface area contributed by atoms with Crippen LogP contribution < -0.4 is 15.2 Å². The number of nitrogens with two attached hydrogens (primary N) is 1. The third kappa shape index (κ3) is 2.11. The van der Waals surface area contributed by atoms with Gasteiger partial charge >= 0.3 is 0 Å². The van der Waals surface area contributed by atoms with Crippen LogP contribution in [0.3, 0.4) is 0 Å². The van der Waals surface area contributed by atoms with Crippen LogP contribution >= 0.6 is 0 Å². The second-order valence-corrected chi connectivity index (χ2v) is 4.12. The predicted molar refractivity (Wildman–Crippen MR) is 60.4 cm³/mol. The molecular weight excluding hydrogens is 190 g/mol. The van der Waals surface area contributed by atoms with Gasteiger partial charge in [-0.2, -0.15) is 5.84 Å². The zero-order chi connectivity index (χ0) is 10.7. The number of quaternary nitrogens is 1. The molecule has 0 spiro atoms. The van der Waals surface area contributed by atoms with Crippen molar-refractivity contribution in [3.63, 3.8) is 0 Å². The van der Waals surface area contributed by atoms with Crippen LogP contribution in [0.5, 0.6) is 5.75 Å². The lowest BCUT2D eigenvalue weighted by atomic mass is 10.1. The Morgan fingerprint density at radius 2 is 2.00 bits per heavy atom. The van der Waals surface area contributed by atoms with Crippen molar-refractivity contribution in [3.05, 3.63) is 18.5 Å². The quantitative estimate of drug-likeness (QED) is 0.591. The first-order chi connectivity index (χ1) is 7.24. The number of ether oxygens (including phenoxy) is 1. The molecule has 0 aliphatic carbocycles. The van der Waals surface area contributed by atoms with Gasteiger partial charge in [-0.1, -0.05) is 0 Å². The summed E-state index contributed by atoms with van der Waals surface area (Å²) in [5.74, 6) is 7.12. The molecule has 0 unspecified atom stereocenters. The number of rotatable bonds is 2. The molecule has 15 heavy (non-hydrogen) atoms. The van der Waals surface area contributed by atoms with Crippen LogP contribution in [-0.4, -0.2) is 25.2 Å². The SMILES string of the molecule is COc1cncc([N+]2(N)CCCCC2)c1. The minimum atomic E-state index is 0.504. The Balaban J connectivity index is 2.26. The van der Waals surface area contributed by atoms with Crippen LogP contribution in [0.2, 0.25) is 0 Å². The van der Waals surface area contributed by atoms with Gasteiger partial charge < -0.3 is 4.74 Å². The summed E-state index contributed by atoms with van der Waals surface area (Å²) in [6.07, 6.45) is 7.21. The number of pyridine rings is 1. The molecule has 4 nitrogen and oxygen atoms in total. The van der Waals surface area contributed by atoms with E-state index in [1.165, 1.54) is 19.3 Å². The fourth-order valence-corrected chi connectivity index (χ4v) is 2.10. The summed E-state index contributed by atoms with van der Waals surface area (Å²) < 4.78 is 5.67. The largest absolute Gasteiger partial charge is 0.495 e. The van der Waals surface area contributed by atoms with Gasteiger partial charge in [-0.05, 0) is 19.3 Å². The minimum Gasteiger partial charge on any atom is -0.495 e. The van der Waals surface area contributed by atoms with Crippen molar-refractivity contribution in [2.24, 2.45) is 5.84 Å². The summed E-state index contributed by atoms with van der Waals surface area (Å²) in [6, 6.07) is 1.98. The molecule has 0 aromatic carbocycles. The van der Waals surface area contributed by atoms with Crippen LogP contribution in [-0.2, 0) is 0 Å². The summed E-state index contributed by atoms with van der Waals surface area (Å²) in [5.41, 5.74) is 1.05. The van der Waals surface area contributed by atoms with Gasteiger partial charge in [0.2, 0.25) is 0 Å². The fraction of sp³-hybridized carbons (Fsp3) is 0.545. The Labute approximate surface area is 90.2 Å². The predicted octanol–water partition coefficient (Wildman–Crippen LogP) is 1.46. The Morgan fingerprint density at radius 3 is 2.67 bits per heavy atom. The second-order valence-electron chi connectivity index (χ2n) is 4.12. The lowest BCUT2D eigenvalue weighted by molar-refractivity contribution is 0.233. The third-order valence-electron chi connectivity index (χ3n) is 3.06. The van der Waals surface area contributed by atoms with E-state index in [2.05, 4.69) is 4.98 Å². The molecule has 82 valence electrons. The maximum atomic E-state index is 6.35. The maximum Gasteiger partial charge on any atom is 0.174 e. The van der Waals surface area contributed by atoms with Gasteiger partial charge in [0.05, 0.1) is 19.5 Å². The summed E-state index contributed by atoms with van der Waals surface area (Å²) in [7, 11) is 1.65. The van der Waals surface area contributed by atoms with E-state index in [0.717, 1.165) is 24.5 Å². The highest BCUT2D eigenvalue weighted by molar-refractivity contribution is 5.44. The summed E-state index contributed by atoms with van der Waals surface area (Å²) in [4.78, 5) is 4.16. The average Bonchev–Trinajstić information content (AvgIpc) is 2.30.